The quantitative estimate of drug-likeness (QED) is 0.438. The maximum atomic E-state index is 10.8. The molecule has 1 nitrogen and oxygen atoms in total. The first-order chi connectivity index (χ1) is 5.59. The summed E-state index contributed by atoms with van der Waals surface area (Å²) in [5.41, 5.74) is 0. The molecule has 1 atom stereocenters. The molecular weight excluding hydrogens is 208 g/mol. The normalized spacial score (nSPS) is 12.6. The van der Waals surface area contributed by atoms with Crippen LogP contribution in [0.5, 0.6) is 0 Å². The summed E-state index contributed by atoms with van der Waals surface area (Å²) in [4.78, 5) is 10.8. The number of thioether (sulfide) groups is 1. The van der Waals surface area contributed by atoms with Gasteiger partial charge in [-0.2, -0.15) is 0 Å². The molecule has 0 fully saturated rings. The van der Waals surface area contributed by atoms with Crippen LogP contribution in [0.4, 0.5) is 0 Å². The molecule has 1 unspecified atom stereocenters. The van der Waals surface area contributed by atoms with Crippen LogP contribution in [0.15, 0.2) is 0 Å². The van der Waals surface area contributed by atoms with Crippen LogP contribution >= 0.6 is 36.6 Å². The summed E-state index contributed by atoms with van der Waals surface area (Å²) in [6, 6.07) is 0. The minimum Gasteiger partial charge on any atom is -0.287 e. The lowest BCUT2D eigenvalue weighted by atomic mass is 10.2. The average molecular weight is 222 g/mol. The van der Waals surface area contributed by atoms with Crippen LogP contribution in [0.25, 0.3) is 0 Å². The minimum absolute atomic E-state index is 0.135. The summed E-state index contributed by atoms with van der Waals surface area (Å²) >= 11 is 10.4. The Hall–Kier alpha value is 0.460. The molecule has 0 rings (SSSR count). The standard InChI is InChI=1S/C8H14OS3/c1-3-4-5-12-8(11)6(2)7(9)10/h6H,3-5H2,1-2H3,(H,9,10). The van der Waals surface area contributed by atoms with Gasteiger partial charge in [-0.3, -0.25) is 4.79 Å². The first-order valence-electron chi connectivity index (χ1n) is 3.99. The number of unbranched alkanes of at least 4 members (excludes halogenated alkanes) is 1. The fourth-order valence-corrected chi connectivity index (χ4v) is 2.19. The van der Waals surface area contributed by atoms with Crippen LogP contribution in [0, 0.1) is 5.92 Å². The highest BCUT2D eigenvalue weighted by Crippen LogP contribution is 2.16. The lowest BCUT2D eigenvalue weighted by Crippen LogP contribution is -2.12. The molecule has 0 N–H and O–H groups in total. The van der Waals surface area contributed by atoms with E-state index in [-0.39, 0.29) is 11.0 Å². The zero-order valence-corrected chi connectivity index (χ0v) is 9.90. The van der Waals surface area contributed by atoms with Gasteiger partial charge in [-0.05, 0) is 19.1 Å². The van der Waals surface area contributed by atoms with Crippen molar-refractivity contribution in [2.75, 3.05) is 5.75 Å². The van der Waals surface area contributed by atoms with Gasteiger partial charge in [0.05, 0.1) is 10.1 Å². The molecule has 0 amide bonds. The summed E-state index contributed by atoms with van der Waals surface area (Å²) in [6.45, 7) is 3.94. The molecule has 0 radical (unpaired) electrons. The molecule has 0 aliphatic carbocycles. The molecule has 0 aliphatic heterocycles. The summed E-state index contributed by atoms with van der Waals surface area (Å²) in [5.74, 6) is 0.825. The molecule has 4 heteroatoms. The highest BCUT2D eigenvalue weighted by molar-refractivity contribution is 8.23. The van der Waals surface area contributed by atoms with E-state index in [0.29, 0.717) is 0 Å². The fourth-order valence-electron chi connectivity index (χ4n) is 0.543. The second-order valence-electron chi connectivity index (χ2n) is 2.58. The Labute approximate surface area is 89.1 Å². The van der Waals surface area contributed by atoms with Crippen molar-refractivity contribution in [3.05, 3.63) is 0 Å². The molecule has 70 valence electrons. The van der Waals surface area contributed by atoms with Gasteiger partial charge in [0.1, 0.15) is 0 Å². The van der Waals surface area contributed by atoms with Crippen LogP contribution in [0.3, 0.4) is 0 Å². The fraction of sp³-hybridized carbons (Fsp3) is 0.750. The number of carbonyl (C=O) groups is 1. The van der Waals surface area contributed by atoms with Gasteiger partial charge in [0, 0.05) is 0 Å². The Morgan fingerprint density at radius 3 is 2.67 bits per heavy atom. The van der Waals surface area contributed by atoms with E-state index in [4.69, 9.17) is 12.2 Å². The van der Waals surface area contributed by atoms with Crippen molar-refractivity contribution in [3.8, 4) is 0 Å². The number of rotatable bonds is 5. The highest BCUT2D eigenvalue weighted by Gasteiger charge is 2.14. The first-order valence-corrected chi connectivity index (χ1v) is 5.83. The van der Waals surface area contributed by atoms with Crippen molar-refractivity contribution in [2.45, 2.75) is 26.7 Å². The van der Waals surface area contributed by atoms with Crippen LogP contribution < -0.4 is 0 Å². The monoisotopic (exact) mass is 222 g/mol. The largest absolute Gasteiger partial charge is 0.287 e. The van der Waals surface area contributed by atoms with Crippen molar-refractivity contribution in [2.24, 2.45) is 5.92 Å². The first kappa shape index (κ1) is 12.5. The van der Waals surface area contributed by atoms with Crippen molar-refractivity contribution in [3.63, 3.8) is 0 Å². The van der Waals surface area contributed by atoms with E-state index < -0.39 is 0 Å². The van der Waals surface area contributed by atoms with Gasteiger partial charge in [-0.1, -0.05) is 25.6 Å². The zero-order chi connectivity index (χ0) is 9.56. The maximum Gasteiger partial charge on any atom is 0.194 e. The van der Waals surface area contributed by atoms with Gasteiger partial charge in [-0.15, -0.1) is 24.4 Å². The lowest BCUT2D eigenvalue weighted by Gasteiger charge is -2.07. The smallest absolute Gasteiger partial charge is 0.194 e. The van der Waals surface area contributed by atoms with Crippen LogP contribution in [0.1, 0.15) is 26.7 Å². The number of thiocarbonyl (C=S) groups is 1. The highest BCUT2D eigenvalue weighted by atomic mass is 32.2. The van der Waals surface area contributed by atoms with E-state index in [1.165, 1.54) is 6.42 Å². The molecule has 0 saturated heterocycles. The van der Waals surface area contributed by atoms with Crippen molar-refractivity contribution >= 4 is 45.9 Å². The maximum absolute atomic E-state index is 10.8. The van der Waals surface area contributed by atoms with Gasteiger partial charge in [0.2, 0.25) is 0 Å². The molecule has 12 heavy (non-hydrogen) atoms. The summed E-state index contributed by atoms with van der Waals surface area (Å²) in [5, 5.41) is -0.135. The third-order valence-corrected chi connectivity index (χ3v) is 3.69. The minimum atomic E-state index is -0.190. The average Bonchev–Trinajstić information content (AvgIpc) is 2.03. The molecular formula is C8H14OS3. The van der Waals surface area contributed by atoms with Gasteiger partial charge in [0.25, 0.3) is 0 Å². The Bertz CT molecular complexity index is 168. The summed E-state index contributed by atoms with van der Waals surface area (Å²) in [7, 11) is 0. The van der Waals surface area contributed by atoms with E-state index >= 15 is 0 Å². The van der Waals surface area contributed by atoms with Gasteiger partial charge in [-0.25, -0.2) is 0 Å². The van der Waals surface area contributed by atoms with Gasteiger partial charge >= 0.3 is 0 Å². The predicted octanol–water partition coefficient (Wildman–Crippen LogP) is 2.94. The topological polar surface area (TPSA) is 17.1 Å². The molecule has 0 aromatic rings. The van der Waals surface area contributed by atoms with Crippen molar-refractivity contribution in [1.82, 2.24) is 0 Å². The summed E-state index contributed by atoms with van der Waals surface area (Å²) < 4.78 is 0.767. The molecule has 0 saturated carbocycles. The third kappa shape index (κ3) is 5.17. The lowest BCUT2D eigenvalue weighted by molar-refractivity contribution is -0.112. The summed E-state index contributed by atoms with van der Waals surface area (Å²) in [6.07, 6.45) is 2.32. The number of hydrogen-bond acceptors (Lipinski definition) is 3. The van der Waals surface area contributed by atoms with E-state index in [1.807, 2.05) is 0 Å². The predicted molar refractivity (Wildman–Crippen MR) is 63.1 cm³/mol. The van der Waals surface area contributed by atoms with E-state index in [0.717, 1.165) is 16.4 Å². The third-order valence-electron chi connectivity index (χ3n) is 1.47. The SMILES string of the molecule is CCCCSC(=S)C(C)C(=O)S. The van der Waals surface area contributed by atoms with Crippen LogP contribution in [-0.4, -0.2) is 15.1 Å². The molecule has 0 heterocycles. The Kier molecular flexibility index (Phi) is 7.19. The molecule has 0 bridgehead atoms. The molecule has 0 aromatic heterocycles. The number of thiol groups is 1. The second-order valence-corrected chi connectivity index (χ2v) is 4.86. The van der Waals surface area contributed by atoms with Gasteiger partial charge < -0.3 is 0 Å². The zero-order valence-electron chi connectivity index (χ0n) is 7.37. The Morgan fingerprint density at radius 1 is 1.67 bits per heavy atom. The molecule has 0 aromatic carbocycles. The number of carbonyl (C=O) groups excluding carboxylic acids is 1. The van der Waals surface area contributed by atoms with Gasteiger partial charge in [0.15, 0.2) is 5.12 Å². The van der Waals surface area contributed by atoms with Crippen LogP contribution in [0.2, 0.25) is 0 Å². The van der Waals surface area contributed by atoms with E-state index in [1.54, 1.807) is 18.7 Å². The van der Waals surface area contributed by atoms with E-state index in [9.17, 15) is 4.79 Å². The number of hydrogen-bond donors (Lipinski definition) is 1. The van der Waals surface area contributed by atoms with Crippen molar-refractivity contribution < 1.29 is 4.79 Å². The van der Waals surface area contributed by atoms with Crippen LogP contribution in [-0.2, 0) is 4.79 Å². The molecule has 0 spiro atoms. The second kappa shape index (κ2) is 6.92. The Balaban J connectivity index is 3.65. The van der Waals surface area contributed by atoms with Crippen molar-refractivity contribution in [1.29, 1.82) is 0 Å². The Morgan fingerprint density at radius 2 is 2.25 bits per heavy atom. The molecule has 0 aliphatic rings. The van der Waals surface area contributed by atoms with E-state index in [2.05, 4.69) is 19.6 Å².